The summed E-state index contributed by atoms with van der Waals surface area (Å²) < 4.78 is 8.56. The lowest BCUT2D eigenvalue weighted by Crippen LogP contribution is -2.02. The van der Waals surface area contributed by atoms with Gasteiger partial charge in [-0.2, -0.15) is 0 Å². The second-order valence-electron chi connectivity index (χ2n) is 10.6. The van der Waals surface area contributed by atoms with Crippen LogP contribution in [0.1, 0.15) is 10.9 Å². The minimum Gasteiger partial charge on any atom is -0.456 e. The zero-order valence-electron chi connectivity index (χ0n) is 22.0. The summed E-state index contributed by atoms with van der Waals surface area (Å²) in [6.07, 6.45) is 0. The van der Waals surface area contributed by atoms with Gasteiger partial charge < -0.3 is 14.3 Å². The van der Waals surface area contributed by atoms with E-state index < -0.39 is 0 Å². The molecule has 0 saturated heterocycles. The molecule has 41 heavy (non-hydrogen) atoms. The molecule has 9 rings (SSSR count). The van der Waals surface area contributed by atoms with Crippen LogP contribution in [0.5, 0.6) is 0 Å². The van der Waals surface area contributed by atoms with Crippen molar-refractivity contribution in [1.82, 2.24) is 4.57 Å². The van der Waals surface area contributed by atoms with Crippen LogP contribution in [-0.4, -0.2) is 4.57 Å². The van der Waals surface area contributed by atoms with E-state index in [0.29, 0.717) is 0 Å². The van der Waals surface area contributed by atoms with Crippen molar-refractivity contribution in [2.75, 3.05) is 5.32 Å². The molecule has 0 fully saturated rings. The fraction of sp³-hybridized carbons (Fsp3) is 0.0270. The number of rotatable bonds is 3. The number of thioether (sulfide) groups is 1. The summed E-state index contributed by atoms with van der Waals surface area (Å²) in [5, 5.41) is 8.82. The number of nitrogens with one attached hydrogen (secondary N) is 1. The molecule has 0 bridgehead atoms. The molecule has 0 spiro atoms. The zero-order valence-corrected chi connectivity index (χ0v) is 22.9. The molecule has 8 aromatic rings. The van der Waals surface area contributed by atoms with E-state index >= 15 is 0 Å². The Hall–Kier alpha value is -4.93. The minimum absolute atomic E-state index is 0.112. The largest absolute Gasteiger partial charge is 0.456 e. The fourth-order valence-corrected chi connectivity index (χ4v) is 7.48. The third-order valence-corrected chi connectivity index (χ3v) is 9.48. The maximum absolute atomic E-state index is 6.16. The van der Waals surface area contributed by atoms with Gasteiger partial charge in [0.15, 0.2) is 0 Å². The van der Waals surface area contributed by atoms with Crippen molar-refractivity contribution in [1.29, 1.82) is 0 Å². The number of benzene rings is 6. The second-order valence-corrected chi connectivity index (χ2v) is 11.7. The molecule has 1 aliphatic rings. The predicted molar refractivity (Wildman–Crippen MR) is 172 cm³/mol. The van der Waals surface area contributed by atoms with Gasteiger partial charge in [-0.1, -0.05) is 103 Å². The van der Waals surface area contributed by atoms with Crippen LogP contribution in [0.2, 0.25) is 0 Å². The third kappa shape index (κ3) is 3.47. The van der Waals surface area contributed by atoms with Crippen molar-refractivity contribution >= 4 is 61.2 Å². The van der Waals surface area contributed by atoms with E-state index in [9.17, 15) is 0 Å². The molecule has 6 aromatic carbocycles. The molecule has 1 atom stereocenters. The highest BCUT2D eigenvalue weighted by atomic mass is 32.2. The summed E-state index contributed by atoms with van der Waals surface area (Å²) in [7, 11) is 0. The van der Waals surface area contributed by atoms with Gasteiger partial charge in [0.1, 0.15) is 16.5 Å². The molecule has 3 heterocycles. The molecule has 1 unspecified atom stereocenters. The van der Waals surface area contributed by atoms with Crippen LogP contribution in [-0.2, 0) is 0 Å². The summed E-state index contributed by atoms with van der Waals surface area (Å²) in [6, 6.07) is 47.7. The van der Waals surface area contributed by atoms with E-state index in [-0.39, 0.29) is 5.37 Å². The first kappa shape index (κ1) is 22.8. The van der Waals surface area contributed by atoms with Crippen LogP contribution in [0.15, 0.2) is 143 Å². The Morgan fingerprint density at radius 1 is 0.585 bits per heavy atom. The second kappa shape index (κ2) is 8.79. The SMILES string of the molecule is c1ccc(-c2ccc(-n3c4ccccc4c4ccc(C5Nc6c(ccc7oc8ccccc8c67)S5)cc43)cc2)cc1. The fourth-order valence-electron chi connectivity index (χ4n) is 6.34. The number of hydrogen-bond acceptors (Lipinski definition) is 3. The van der Waals surface area contributed by atoms with Gasteiger partial charge in [0.2, 0.25) is 0 Å². The Morgan fingerprint density at radius 2 is 1.32 bits per heavy atom. The number of hydrogen-bond donors (Lipinski definition) is 1. The summed E-state index contributed by atoms with van der Waals surface area (Å²) in [5.74, 6) is 0. The maximum Gasteiger partial charge on any atom is 0.137 e. The average molecular weight is 545 g/mol. The van der Waals surface area contributed by atoms with Crippen molar-refractivity contribution in [3.8, 4) is 16.8 Å². The number of nitrogens with zero attached hydrogens (tertiary/aromatic N) is 1. The number of para-hydroxylation sites is 2. The third-order valence-electron chi connectivity index (χ3n) is 8.26. The smallest absolute Gasteiger partial charge is 0.137 e. The van der Waals surface area contributed by atoms with Gasteiger partial charge in [-0.25, -0.2) is 0 Å². The maximum atomic E-state index is 6.16. The lowest BCUT2D eigenvalue weighted by atomic mass is 10.1. The first-order valence-corrected chi connectivity index (χ1v) is 14.8. The van der Waals surface area contributed by atoms with Crippen LogP contribution in [0.4, 0.5) is 5.69 Å². The number of fused-ring (bicyclic) bond motifs is 8. The first-order valence-electron chi connectivity index (χ1n) is 13.9. The minimum atomic E-state index is 0.112. The predicted octanol–water partition coefficient (Wildman–Crippen LogP) is 10.6. The number of furan rings is 1. The summed E-state index contributed by atoms with van der Waals surface area (Å²) >= 11 is 1.87. The van der Waals surface area contributed by atoms with Gasteiger partial charge in [0.05, 0.1) is 22.1 Å². The lowest BCUT2D eigenvalue weighted by molar-refractivity contribution is 0.669. The standard InChI is InChI=1S/C37H24N2OS/c1-2-8-23(9-3-1)24-14-17-26(18-15-24)39-30-12-6-4-10-27(30)28-19-16-25(22-31(28)39)37-38-36-34(41-37)21-20-33-35(36)29-11-5-7-13-32(29)40-33/h1-22,37-38H. The van der Waals surface area contributed by atoms with Crippen LogP contribution >= 0.6 is 11.8 Å². The molecule has 1 N–H and O–H groups in total. The van der Waals surface area contributed by atoms with E-state index in [0.717, 1.165) is 22.2 Å². The van der Waals surface area contributed by atoms with Crippen LogP contribution < -0.4 is 5.32 Å². The van der Waals surface area contributed by atoms with E-state index in [1.807, 2.05) is 23.9 Å². The van der Waals surface area contributed by atoms with Crippen molar-refractivity contribution in [3.63, 3.8) is 0 Å². The number of aromatic nitrogens is 1. The van der Waals surface area contributed by atoms with Gasteiger partial charge in [-0.15, -0.1) is 0 Å². The molecule has 194 valence electrons. The van der Waals surface area contributed by atoms with Crippen molar-refractivity contribution in [3.05, 3.63) is 139 Å². The van der Waals surface area contributed by atoms with Crippen LogP contribution in [0.25, 0.3) is 60.6 Å². The van der Waals surface area contributed by atoms with Crippen molar-refractivity contribution in [2.24, 2.45) is 0 Å². The Morgan fingerprint density at radius 3 is 2.20 bits per heavy atom. The van der Waals surface area contributed by atoms with Crippen LogP contribution in [0, 0.1) is 0 Å². The highest BCUT2D eigenvalue weighted by molar-refractivity contribution is 8.00. The number of anilines is 1. The van der Waals surface area contributed by atoms with Gasteiger partial charge in [-0.05, 0) is 59.2 Å². The molecular weight excluding hydrogens is 520 g/mol. The quantitative estimate of drug-likeness (QED) is 0.240. The summed E-state index contributed by atoms with van der Waals surface area (Å²) in [4.78, 5) is 1.26. The first-order chi connectivity index (χ1) is 20.3. The van der Waals surface area contributed by atoms with Crippen molar-refractivity contribution in [2.45, 2.75) is 10.3 Å². The van der Waals surface area contributed by atoms with Crippen molar-refractivity contribution < 1.29 is 4.42 Å². The van der Waals surface area contributed by atoms with E-state index in [4.69, 9.17) is 4.42 Å². The molecule has 2 aromatic heterocycles. The van der Waals surface area contributed by atoms with Gasteiger partial charge in [-0.3, -0.25) is 0 Å². The Balaban J connectivity index is 1.17. The molecule has 0 radical (unpaired) electrons. The van der Waals surface area contributed by atoms with Gasteiger partial charge in [0, 0.05) is 26.7 Å². The lowest BCUT2D eigenvalue weighted by Gasteiger charge is -2.13. The summed E-state index contributed by atoms with van der Waals surface area (Å²) in [5.41, 5.74) is 10.3. The molecule has 0 amide bonds. The van der Waals surface area contributed by atoms with Gasteiger partial charge >= 0.3 is 0 Å². The molecule has 3 nitrogen and oxygen atoms in total. The molecule has 0 aliphatic carbocycles. The normalized spacial score (nSPS) is 14.7. The Labute approximate surface area is 241 Å². The topological polar surface area (TPSA) is 30.1 Å². The molecule has 0 saturated carbocycles. The van der Waals surface area contributed by atoms with E-state index in [1.165, 1.54) is 54.5 Å². The molecule has 4 heteroatoms. The zero-order chi connectivity index (χ0) is 26.9. The average Bonchev–Trinajstić information content (AvgIpc) is 3.73. The highest BCUT2D eigenvalue weighted by Gasteiger charge is 2.27. The molecule has 1 aliphatic heterocycles. The van der Waals surface area contributed by atoms with E-state index in [2.05, 4.69) is 131 Å². The van der Waals surface area contributed by atoms with Crippen LogP contribution in [0.3, 0.4) is 0 Å². The highest BCUT2D eigenvalue weighted by Crippen LogP contribution is 2.51. The Bertz CT molecular complexity index is 2260. The Kier molecular flexibility index (Phi) is 4.89. The van der Waals surface area contributed by atoms with Gasteiger partial charge in [0.25, 0.3) is 0 Å². The molecular formula is C37H24N2OS. The summed E-state index contributed by atoms with van der Waals surface area (Å²) in [6.45, 7) is 0. The monoisotopic (exact) mass is 544 g/mol. The van der Waals surface area contributed by atoms with E-state index in [1.54, 1.807) is 0 Å².